The van der Waals surface area contributed by atoms with Crippen molar-refractivity contribution in [2.45, 2.75) is 39.7 Å². The van der Waals surface area contributed by atoms with E-state index in [1.165, 1.54) is 6.42 Å². The lowest BCUT2D eigenvalue weighted by atomic mass is 10.2. The molecule has 5 nitrogen and oxygen atoms in total. The van der Waals surface area contributed by atoms with E-state index < -0.39 is 0 Å². The number of phenolic OH excluding ortho intramolecular Hbond substituents is 1. The number of phenols is 1. The highest BCUT2D eigenvalue weighted by atomic mass is 16.5. The first-order valence-corrected chi connectivity index (χ1v) is 8.14. The van der Waals surface area contributed by atoms with Crippen molar-refractivity contribution in [1.82, 2.24) is 10.6 Å². The summed E-state index contributed by atoms with van der Waals surface area (Å²) in [6.07, 6.45) is 3.26. The number of ether oxygens (including phenoxy) is 1. The lowest BCUT2D eigenvalue weighted by molar-refractivity contribution is 0.129. The van der Waals surface area contributed by atoms with E-state index in [-0.39, 0.29) is 5.75 Å². The molecular formula is C17H29N3O2. The second-order valence-electron chi connectivity index (χ2n) is 5.11. The average molecular weight is 307 g/mol. The third-order valence-corrected chi connectivity index (χ3v) is 3.07. The standard InChI is InChI=1S/C17H29N3O2/c1-3-5-11-22-12-7-10-19-17(18-4-2)20-14-15-8-6-9-16(21)13-15/h6,8-9,13,21H,3-5,7,10-12,14H2,1-2H3,(H2,18,19,20). The molecule has 0 aliphatic heterocycles. The highest BCUT2D eigenvalue weighted by Gasteiger charge is 1.98. The first-order valence-electron chi connectivity index (χ1n) is 8.14. The molecule has 0 unspecified atom stereocenters. The smallest absolute Gasteiger partial charge is 0.191 e. The SMILES string of the molecule is CCCCOCCCNC(=NCc1cccc(O)c1)NCC. The second-order valence-corrected chi connectivity index (χ2v) is 5.11. The summed E-state index contributed by atoms with van der Waals surface area (Å²) in [7, 11) is 0. The lowest BCUT2D eigenvalue weighted by Gasteiger charge is -2.11. The normalized spacial score (nSPS) is 11.5. The zero-order valence-electron chi connectivity index (χ0n) is 13.8. The predicted octanol–water partition coefficient (Wildman–Crippen LogP) is 2.65. The van der Waals surface area contributed by atoms with E-state index in [4.69, 9.17) is 4.74 Å². The van der Waals surface area contributed by atoms with E-state index in [1.807, 2.05) is 19.1 Å². The Morgan fingerprint density at radius 2 is 2.00 bits per heavy atom. The highest BCUT2D eigenvalue weighted by molar-refractivity contribution is 5.79. The summed E-state index contributed by atoms with van der Waals surface area (Å²) in [5.74, 6) is 1.06. The second kappa shape index (κ2) is 11.9. The van der Waals surface area contributed by atoms with Gasteiger partial charge in [0.25, 0.3) is 0 Å². The van der Waals surface area contributed by atoms with Crippen LogP contribution in [-0.2, 0) is 11.3 Å². The van der Waals surface area contributed by atoms with Crippen LogP contribution in [0, 0.1) is 0 Å². The van der Waals surface area contributed by atoms with Crippen LogP contribution in [0.3, 0.4) is 0 Å². The minimum atomic E-state index is 0.273. The summed E-state index contributed by atoms with van der Waals surface area (Å²) >= 11 is 0. The van der Waals surface area contributed by atoms with Crippen LogP contribution in [-0.4, -0.2) is 37.4 Å². The molecule has 0 atom stereocenters. The molecule has 0 heterocycles. The van der Waals surface area contributed by atoms with Gasteiger partial charge in [-0.1, -0.05) is 25.5 Å². The van der Waals surface area contributed by atoms with Gasteiger partial charge < -0.3 is 20.5 Å². The number of aliphatic imine (C=N–C) groups is 1. The first-order chi connectivity index (χ1) is 10.8. The van der Waals surface area contributed by atoms with Gasteiger partial charge in [0.15, 0.2) is 5.96 Å². The first kappa shape index (κ1) is 18.3. The van der Waals surface area contributed by atoms with E-state index in [0.29, 0.717) is 6.54 Å². The van der Waals surface area contributed by atoms with Crippen molar-refractivity contribution in [2.24, 2.45) is 4.99 Å². The van der Waals surface area contributed by atoms with Crippen LogP contribution in [0.5, 0.6) is 5.75 Å². The fourth-order valence-electron chi connectivity index (χ4n) is 1.90. The van der Waals surface area contributed by atoms with Crippen molar-refractivity contribution >= 4 is 5.96 Å². The number of guanidine groups is 1. The van der Waals surface area contributed by atoms with Crippen LogP contribution in [0.15, 0.2) is 29.3 Å². The minimum Gasteiger partial charge on any atom is -0.508 e. The molecule has 5 heteroatoms. The molecule has 0 aliphatic carbocycles. The molecule has 3 N–H and O–H groups in total. The zero-order chi connectivity index (χ0) is 16.0. The molecule has 0 aliphatic rings. The van der Waals surface area contributed by atoms with E-state index in [0.717, 1.165) is 50.7 Å². The number of aromatic hydroxyl groups is 1. The van der Waals surface area contributed by atoms with Gasteiger partial charge in [0.2, 0.25) is 0 Å². The van der Waals surface area contributed by atoms with Gasteiger partial charge in [-0.25, -0.2) is 4.99 Å². The third kappa shape index (κ3) is 8.52. The fraction of sp³-hybridized carbons (Fsp3) is 0.588. The summed E-state index contributed by atoms with van der Waals surface area (Å²) in [4.78, 5) is 4.51. The fourth-order valence-corrected chi connectivity index (χ4v) is 1.90. The summed E-state index contributed by atoms with van der Waals surface area (Å²) in [6, 6.07) is 7.17. The molecule has 0 fully saturated rings. The number of nitrogens with one attached hydrogen (secondary N) is 2. The van der Waals surface area contributed by atoms with Gasteiger partial charge in [0, 0.05) is 26.3 Å². The van der Waals surface area contributed by atoms with Gasteiger partial charge in [0.05, 0.1) is 6.54 Å². The Morgan fingerprint density at radius 1 is 1.18 bits per heavy atom. The molecule has 1 rings (SSSR count). The van der Waals surface area contributed by atoms with Gasteiger partial charge in [-0.15, -0.1) is 0 Å². The van der Waals surface area contributed by atoms with Crippen LogP contribution in [0.4, 0.5) is 0 Å². The molecule has 1 aromatic carbocycles. The maximum absolute atomic E-state index is 9.45. The van der Waals surface area contributed by atoms with E-state index >= 15 is 0 Å². The summed E-state index contributed by atoms with van der Waals surface area (Å²) in [5, 5.41) is 16.0. The number of benzene rings is 1. The van der Waals surface area contributed by atoms with E-state index in [9.17, 15) is 5.11 Å². The Morgan fingerprint density at radius 3 is 2.73 bits per heavy atom. The molecule has 0 saturated heterocycles. The van der Waals surface area contributed by atoms with Crippen molar-refractivity contribution in [3.63, 3.8) is 0 Å². The number of nitrogens with zero attached hydrogens (tertiary/aromatic N) is 1. The largest absolute Gasteiger partial charge is 0.508 e. The van der Waals surface area contributed by atoms with Crippen LogP contribution in [0.2, 0.25) is 0 Å². The Hall–Kier alpha value is -1.75. The quantitative estimate of drug-likeness (QED) is 0.353. The van der Waals surface area contributed by atoms with Crippen LogP contribution in [0.25, 0.3) is 0 Å². The number of hydrogen-bond acceptors (Lipinski definition) is 3. The molecule has 0 amide bonds. The van der Waals surface area contributed by atoms with Gasteiger partial charge in [-0.3, -0.25) is 0 Å². The molecule has 1 aromatic rings. The van der Waals surface area contributed by atoms with Gasteiger partial charge >= 0.3 is 0 Å². The number of rotatable bonds is 10. The Bertz CT molecular complexity index is 436. The Labute approximate surface area is 133 Å². The van der Waals surface area contributed by atoms with Gasteiger partial charge in [0.1, 0.15) is 5.75 Å². The Kier molecular flexibility index (Phi) is 9.87. The van der Waals surface area contributed by atoms with Crippen LogP contribution >= 0.6 is 0 Å². The predicted molar refractivity (Wildman–Crippen MR) is 91.3 cm³/mol. The van der Waals surface area contributed by atoms with Crippen molar-refractivity contribution in [3.05, 3.63) is 29.8 Å². The molecule has 124 valence electrons. The molecule has 22 heavy (non-hydrogen) atoms. The summed E-state index contributed by atoms with van der Waals surface area (Å²) in [5.41, 5.74) is 0.986. The van der Waals surface area contributed by atoms with Crippen molar-refractivity contribution in [2.75, 3.05) is 26.3 Å². The van der Waals surface area contributed by atoms with E-state index in [1.54, 1.807) is 12.1 Å². The average Bonchev–Trinajstić information content (AvgIpc) is 2.51. The van der Waals surface area contributed by atoms with Crippen LogP contribution in [0.1, 0.15) is 38.7 Å². The van der Waals surface area contributed by atoms with Crippen molar-refractivity contribution in [3.8, 4) is 5.75 Å². The third-order valence-electron chi connectivity index (χ3n) is 3.07. The maximum atomic E-state index is 9.45. The Balaban J connectivity index is 2.30. The van der Waals surface area contributed by atoms with Crippen LogP contribution < -0.4 is 10.6 Å². The monoisotopic (exact) mass is 307 g/mol. The maximum Gasteiger partial charge on any atom is 0.191 e. The van der Waals surface area contributed by atoms with Crippen molar-refractivity contribution in [1.29, 1.82) is 0 Å². The molecule has 0 spiro atoms. The van der Waals surface area contributed by atoms with Gasteiger partial charge in [-0.05, 0) is 37.5 Å². The zero-order valence-corrected chi connectivity index (χ0v) is 13.8. The summed E-state index contributed by atoms with van der Waals surface area (Å²) in [6.45, 7) is 8.02. The minimum absolute atomic E-state index is 0.273. The van der Waals surface area contributed by atoms with Crippen molar-refractivity contribution < 1.29 is 9.84 Å². The molecule has 0 aromatic heterocycles. The van der Waals surface area contributed by atoms with Gasteiger partial charge in [-0.2, -0.15) is 0 Å². The molecule has 0 saturated carbocycles. The molecular weight excluding hydrogens is 278 g/mol. The lowest BCUT2D eigenvalue weighted by Crippen LogP contribution is -2.38. The number of hydrogen-bond donors (Lipinski definition) is 3. The van der Waals surface area contributed by atoms with E-state index in [2.05, 4.69) is 22.5 Å². The molecule has 0 radical (unpaired) electrons. The summed E-state index contributed by atoms with van der Waals surface area (Å²) < 4.78 is 5.53. The topological polar surface area (TPSA) is 65.9 Å². The highest BCUT2D eigenvalue weighted by Crippen LogP contribution is 2.11. The molecule has 0 bridgehead atoms. The number of unbranched alkanes of at least 4 members (excludes halogenated alkanes) is 1.